The smallest absolute Gasteiger partial charge is 0.230 e. The van der Waals surface area contributed by atoms with Crippen LogP contribution in [0.3, 0.4) is 0 Å². The monoisotopic (exact) mass is 314 g/mol. The summed E-state index contributed by atoms with van der Waals surface area (Å²) >= 11 is 9.30. The van der Waals surface area contributed by atoms with Gasteiger partial charge in [-0.15, -0.1) is 10.2 Å². The zero-order chi connectivity index (χ0) is 12.3. The highest BCUT2D eigenvalue weighted by atomic mass is 79.9. The van der Waals surface area contributed by atoms with E-state index >= 15 is 0 Å². The van der Waals surface area contributed by atoms with Crippen LogP contribution < -0.4 is 0 Å². The normalized spacial score (nSPS) is 12.6. The van der Waals surface area contributed by atoms with Gasteiger partial charge in [0.25, 0.3) is 0 Å². The van der Waals surface area contributed by atoms with Crippen molar-refractivity contribution in [3.05, 3.63) is 46.6 Å². The summed E-state index contributed by atoms with van der Waals surface area (Å²) in [5.74, 6) is 1.26. The highest BCUT2D eigenvalue weighted by molar-refractivity contribution is 9.09. The van der Waals surface area contributed by atoms with Crippen LogP contribution in [-0.2, 0) is 6.42 Å². The molecule has 2 rings (SSSR count). The summed E-state index contributed by atoms with van der Waals surface area (Å²) in [6, 6.07) is 7.62. The second kappa shape index (κ2) is 5.65. The van der Waals surface area contributed by atoms with Gasteiger partial charge < -0.3 is 4.42 Å². The molecule has 0 aliphatic carbocycles. The van der Waals surface area contributed by atoms with Crippen molar-refractivity contribution in [2.75, 3.05) is 0 Å². The summed E-state index contributed by atoms with van der Waals surface area (Å²) in [7, 11) is 0. The fraction of sp³-hybridized carbons (Fsp3) is 0.333. The molecule has 3 nitrogen and oxygen atoms in total. The first-order valence-corrected chi connectivity index (χ1v) is 6.69. The quantitative estimate of drug-likeness (QED) is 0.795. The summed E-state index contributed by atoms with van der Waals surface area (Å²) < 4.78 is 5.57. The standard InChI is InChI=1S/C12H12BrClN2O/c1-2-10(13)12-16-15-11(17-12)7-8-3-5-9(14)6-4-8/h3-6,10H,2,7H2,1H3. The molecule has 2 aromatic rings. The Hall–Kier alpha value is -0.870. The van der Waals surface area contributed by atoms with E-state index in [-0.39, 0.29) is 4.83 Å². The Morgan fingerprint density at radius 1 is 1.29 bits per heavy atom. The molecule has 0 saturated heterocycles. The molecule has 0 bridgehead atoms. The minimum Gasteiger partial charge on any atom is -0.424 e. The largest absolute Gasteiger partial charge is 0.424 e. The average molecular weight is 316 g/mol. The fourth-order valence-corrected chi connectivity index (χ4v) is 1.73. The third-order valence-electron chi connectivity index (χ3n) is 2.38. The minimum absolute atomic E-state index is 0.133. The number of rotatable bonds is 4. The van der Waals surface area contributed by atoms with Crippen molar-refractivity contribution in [3.63, 3.8) is 0 Å². The Kier molecular flexibility index (Phi) is 4.18. The summed E-state index contributed by atoms with van der Waals surface area (Å²) in [5, 5.41) is 8.76. The van der Waals surface area contributed by atoms with E-state index in [1.54, 1.807) is 0 Å². The molecule has 1 aromatic heterocycles. The van der Waals surface area contributed by atoms with Crippen molar-refractivity contribution in [1.82, 2.24) is 10.2 Å². The van der Waals surface area contributed by atoms with Crippen molar-refractivity contribution in [2.45, 2.75) is 24.6 Å². The maximum atomic E-state index is 5.82. The van der Waals surface area contributed by atoms with E-state index < -0.39 is 0 Å². The number of alkyl halides is 1. The second-order valence-corrected chi connectivity index (χ2v) is 5.25. The molecule has 0 radical (unpaired) electrons. The minimum atomic E-state index is 0.133. The van der Waals surface area contributed by atoms with Gasteiger partial charge in [-0.2, -0.15) is 0 Å². The molecule has 0 N–H and O–H groups in total. The number of aromatic nitrogens is 2. The number of benzene rings is 1. The Morgan fingerprint density at radius 2 is 2.00 bits per heavy atom. The Labute approximate surface area is 113 Å². The van der Waals surface area contributed by atoms with Crippen LogP contribution in [0.15, 0.2) is 28.7 Å². The molecule has 1 aromatic carbocycles. The van der Waals surface area contributed by atoms with Gasteiger partial charge in [0.05, 0.1) is 11.2 Å². The lowest BCUT2D eigenvalue weighted by molar-refractivity contribution is 0.454. The van der Waals surface area contributed by atoms with E-state index in [4.69, 9.17) is 16.0 Å². The molecule has 1 unspecified atom stereocenters. The van der Waals surface area contributed by atoms with Crippen LogP contribution in [0.2, 0.25) is 5.02 Å². The van der Waals surface area contributed by atoms with Crippen molar-refractivity contribution in [1.29, 1.82) is 0 Å². The van der Waals surface area contributed by atoms with E-state index in [0.29, 0.717) is 18.2 Å². The van der Waals surface area contributed by atoms with Crippen LogP contribution >= 0.6 is 27.5 Å². The molecule has 0 aliphatic rings. The molecule has 90 valence electrons. The summed E-state index contributed by atoms with van der Waals surface area (Å²) in [6.07, 6.45) is 1.55. The van der Waals surface area contributed by atoms with Gasteiger partial charge in [-0.25, -0.2) is 0 Å². The van der Waals surface area contributed by atoms with E-state index in [9.17, 15) is 0 Å². The average Bonchev–Trinajstić information content (AvgIpc) is 2.80. The number of nitrogens with zero attached hydrogens (tertiary/aromatic N) is 2. The van der Waals surface area contributed by atoms with Crippen LogP contribution in [0.4, 0.5) is 0 Å². The van der Waals surface area contributed by atoms with Gasteiger partial charge in [0, 0.05) is 5.02 Å². The SMILES string of the molecule is CCC(Br)c1nnc(Cc2ccc(Cl)cc2)o1. The van der Waals surface area contributed by atoms with Gasteiger partial charge in [-0.05, 0) is 24.1 Å². The van der Waals surface area contributed by atoms with Gasteiger partial charge in [0.1, 0.15) is 0 Å². The number of hydrogen-bond donors (Lipinski definition) is 0. The van der Waals surface area contributed by atoms with Crippen molar-refractivity contribution >= 4 is 27.5 Å². The summed E-state index contributed by atoms with van der Waals surface area (Å²) in [6.45, 7) is 2.06. The molecule has 0 amide bonds. The molecule has 0 spiro atoms. The first kappa shape index (κ1) is 12.6. The zero-order valence-corrected chi connectivity index (χ0v) is 11.7. The van der Waals surface area contributed by atoms with E-state index in [1.165, 1.54) is 0 Å². The third kappa shape index (κ3) is 3.30. The maximum Gasteiger partial charge on any atom is 0.230 e. The fourth-order valence-electron chi connectivity index (χ4n) is 1.42. The zero-order valence-electron chi connectivity index (χ0n) is 9.36. The predicted octanol–water partition coefficient (Wildman–Crippen LogP) is 4.16. The summed E-state index contributed by atoms with van der Waals surface area (Å²) in [4.78, 5) is 0.133. The molecular weight excluding hydrogens is 304 g/mol. The first-order chi connectivity index (χ1) is 8.19. The maximum absolute atomic E-state index is 5.82. The molecule has 1 heterocycles. The molecule has 0 aliphatic heterocycles. The lowest BCUT2D eigenvalue weighted by atomic mass is 10.1. The Balaban J connectivity index is 2.08. The van der Waals surface area contributed by atoms with Gasteiger partial charge in [-0.3, -0.25) is 0 Å². The molecule has 0 fully saturated rings. The van der Waals surface area contributed by atoms with Gasteiger partial charge in [-0.1, -0.05) is 46.6 Å². The number of hydrogen-bond acceptors (Lipinski definition) is 3. The Morgan fingerprint density at radius 3 is 2.65 bits per heavy atom. The molecular formula is C12H12BrClN2O. The Bertz CT molecular complexity index is 484. The van der Waals surface area contributed by atoms with Crippen molar-refractivity contribution in [3.8, 4) is 0 Å². The van der Waals surface area contributed by atoms with Crippen LogP contribution in [-0.4, -0.2) is 10.2 Å². The van der Waals surface area contributed by atoms with E-state index in [0.717, 1.165) is 17.0 Å². The topological polar surface area (TPSA) is 38.9 Å². The molecule has 1 atom stereocenters. The van der Waals surface area contributed by atoms with Crippen LogP contribution in [0, 0.1) is 0 Å². The first-order valence-electron chi connectivity index (χ1n) is 5.40. The third-order valence-corrected chi connectivity index (χ3v) is 3.67. The van der Waals surface area contributed by atoms with Crippen LogP contribution in [0.5, 0.6) is 0 Å². The molecule has 17 heavy (non-hydrogen) atoms. The summed E-state index contributed by atoms with van der Waals surface area (Å²) in [5.41, 5.74) is 1.10. The van der Waals surface area contributed by atoms with Gasteiger partial charge in [0.15, 0.2) is 0 Å². The van der Waals surface area contributed by atoms with Crippen LogP contribution in [0.25, 0.3) is 0 Å². The number of halogens is 2. The lowest BCUT2D eigenvalue weighted by Crippen LogP contribution is -1.87. The van der Waals surface area contributed by atoms with Crippen LogP contribution in [0.1, 0.15) is 35.5 Å². The van der Waals surface area contributed by atoms with Gasteiger partial charge >= 0.3 is 0 Å². The lowest BCUT2D eigenvalue weighted by Gasteiger charge is -1.99. The molecule has 5 heteroatoms. The molecule has 0 saturated carbocycles. The van der Waals surface area contributed by atoms with Crippen molar-refractivity contribution in [2.24, 2.45) is 0 Å². The van der Waals surface area contributed by atoms with E-state index in [1.807, 2.05) is 24.3 Å². The van der Waals surface area contributed by atoms with Gasteiger partial charge in [0.2, 0.25) is 11.8 Å². The second-order valence-electron chi connectivity index (χ2n) is 3.71. The van der Waals surface area contributed by atoms with E-state index in [2.05, 4.69) is 33.1 Å². The predicted molar refractivity (Wildman–Crippen MR) is 70.5 cm³/mol. The van der Waals surface area contributed by atoms with Crippen molar-refractivity contribution < 1.29 is 4.42 Å². The highest BCUT2D eigenvalue weighted by Crippen LogP contribution is 2.25. The highest BCUT2D eigenvalue weighted by Gasteiger charge is 2.13.